The van der Waals surface area contributed by atoms with E-state index in [1.165, 1.54) is 12.1 Å². The van der Waals surface area contributed by atoms with Crippen LogP contribution in [-0.2, 0) is 6.61 Å². The number of rotatable bonds is 3. The molecule has 4 nitrogen and oxygen atoms in total. The van der Waals surface area contributed by atoms with E-state index in [0.717, 1.165) is 0 Å². The number of aryl methyl sites for hydroxylation is 1. The molecule has 1 heterocycles. The molecule has 0 atom stereocenters. The molecule has 0 spiro atoms. The molecule has 2 rings (SSSR count). The molecule has 0 fully saturated rings. The summed E-state index contributed by atoms with van der Waals surface area (Å²) in [4.78, 5) is 8.04. The van der Waals surface area contributed by atoms with E-state index in [1.807, 2.05) is 0 Å². The molecule has 0 saturated carbocycles. The molecule has 1 aromatic carbocycles. The summed E-state index contributed by atoms with van der Waals surface area (Å²) < 4.78 is 19.1. The van der Waals surface area contributed by atoms with Gasteiger partial charge < -0.3 is 9.84 Å². The molecular formula is C12H10BrFN2O2. The molecule has 6 heteroatoms. The number of aliphatic hydroxyl groups is 1. The van der Waals surface area contributed by atoms with Crippen molar-refractivity contribution < 1.29 is 14.2 Å². The summed E-state index contributed by atoms with van der Waals surface area (Å²) in [7, 11) is 0. The highest BCUT2D eigenvalue weighted by atomic mass is 79.9. The minimum absolute atomic E-state index is 0.0801. The lowest BCUT2D eigenvalue weighted by Crippen LogP contribution is -1.98. The van der Waals surface area contributed by atoms with Crippen LogP contribution in [0.3, 0.4) is 0 Å². The Morgan fingerprint density at radius 1 is 1.28 bits per heavy atom. The van der Waals surface area contributed by atoms with Crippen molar-refractivity contribution >= 4 is 15.9 Å². The van der Waals surface area contributed by atoms with Gasteiger partial charge in [-0.25, -0.2) is 9.37 Å². The average molecular weight is 313 g/mol. The second kappa shape index (κ2) is 5.41. The minimum Gasteiger partial charge on any atom is -0.424 e. The van der Waals surface area contributed by atoms with Gasteiger partial charge in [0.15, 0.2) is 0 Å². The highest BCUT2D eigenvalue weighted by Crippen LogP contribution is 2.24. The first-order valence-electron chi connectivity index (χ1n) is 5.16. The van der Waals surface area contributed by atoms with E-state index < -0.39 is 5.82 Å². The molecule has 0 aliphatic heterocycles. The summed E-state index contributed by atoms with van der Waals surface area (Å²) >= 11 is 3.17. The van der Waals surface area contributed by atoms with Crippen LogP contribution in [0.2, 0.25) is 0 Å². The van der Waals surface area contributed by atoms with Crippen molar-refractivity contribution in [2.24, 2.45) is 0 Å². The van der Waals surface area contributed by atoms with Crippen molar-refractivity contribution in [3.05, 3.63) is 45.9 Å². The van der Waals surface area contributed by atoms with Crippen molar-refractivity contribution in [2.75, 3.05) is 0 Å². The van der Waals surface area contributed by atoms with Crippen LogP contribution in [0.15, 0.2) is 28.7 Å². The Morgan fingerprint density at radius 3 is 2.72 bits per heavy atom. The fourth-order valence-electron chi connectivity index (χ4n) is 1.42. The Labute approximate surface area is 112 Å². The van der Waals surface area contributed by atoms with Crippen molar-refractivity contribution in [1.29, 1.82) is 0 Å². The normalized spacial score (nSPS) is 10.4. The van der Waals surface area contributed by atoms with E-state index >= 15 is 0 Å². The van der Waals surface area contributed by atoms with Gasteiger partial charge in [-0.15, -0.1) is 0 Å². The van der Waals surface area contributed by atoms with Gasteiger partial charge >= 0.3 is 6.01 Å². The first-order valence-corrected chi connectivity index (χ1v) is 5.95. The molecule has 1 aromatic heterocycles. The van der Waals surface area contributed by atoms with Crippen LogP contribution in [0, 0.1) is 12.7 Å². The number of aliphatic hydroxyl groups excluding tert-OH is 1. The molecule has 0 bridgehead atoms. The molecule has 0 radical (unpaired) electrons. The molecule has 18 heavy (non-hydrogen) atoms. The second-order valence-electron chi connectivity index (χ2n) is 3.65. The number of hydrogen-bond acceptors (Lipinski definition) is 4. The zero-order chi connectivity index (χ0) is 13.1. The van der Waals surface area contributed by atoms with E-state index in [0.29, 0.717) is 15.9 Å². The first kappa shape index (κ1) is 12.9. The Balaban J connectivity index is 2.30. The summed E-state index contributed by atoms with van der Waals surface area (Å²) in [6.45, 7) is 1.56. The maximum Gasteiger partial charge on any atom is 0.322 e. The number of ether oxygens (including phenoxy) is 1. The topological polar surface area (TPSA) is 55.2 Å². The second-order valence-corrected chi connectivity index (χ2v) is 4.56. The van der Waals surface area contributed by atoms with Gasteiger partial charge in [-0.2, -0.15) is 4.98 Å². The van der Waals surface area contributed by atoms with Crippen molar-refractivity contribution in [3.8, 4) is 11.8 Å². The Hall–Kier alpha value is -1.53. The summed E-state index contributed by atoms with van der Waals surface area (Å²) in [6, 6.07) is 5.89. The van der Waals surface area contributed by atoms with Crippen molar-refractivity contribution in [2.45, 2.75) is 13.5 Å². The summed E-state index contributed by atoms with van der Waals surface area (Å²) in [5.74, 6) is -0.134. The summed E-state index contributed by atoms with van der Waals surface area (Å²) in [6.07, 6.45) is 0. The fraction of sp³-hybridized carbons (Fsp3) is 0.167. The zero-order valence-corrected chi connectivity index (χ0v) is 11.1. The molecular weight excluding hydrogens is 303 g/mol. The zero-order valence-electron chi connectivity index (χ0n) is 9.52. The molecule has 1 N–H and O–H groups in total. The molecule has 0 aliphatic rings. The lowest BCUT2D eigenvalue weighted by atomic mass is 10.3. The smallest absolute Gasteiger partial charge is 0.322 e. The third-order valence-electron chi connectivity index (χ3n) is 2.09. The lowest BCUT2D eigenvalue weighted by molar-refractivity contribution is 0.274. The Bertz CT molecular complexity index is 558. The minimum atomic E-state index is -0.422. The molecule has 0 unspecified atom stereocenters. The van der Waals surface area contributed by atoms with E-state index in [4.69, 9.17) is 9.84 Å². The largest absolute Gasteiger partial charge is 0.424 e. The number of halogens is 2. The van der Waals surface area contributed by atoms with Gasteiger partial charge in [-0.05, 0) is 25.1 Å². The third-order valence-corrected chi connectivity index (χ3v) is 2.55. The van der Waals surface area contributed by atoms with Crippen molar-refractivity contribution in [3.63, 3.8) is 0 Å². The maximum atomic E-state index is 13.2. The number of nitrogens with zero attached hydrogens (tertiary/aromatic N) is 2. The fourth-order valence-corrected chi connectivity index (χ4v) is 1.87. The number of benzene rings is 1. The monoisotopic (exact) mass is 312 g/mol. The van der Waals surface area contributed by atoms with Gasteiger partial charge in [0.1, 0.15) is 11.6 Å². The van der Waals surface area contributed by atoms with Crippen LogP contribution in [0.1, 0.15) is 11.4 Å². The highest BCUT2D eigenvalue weighted by Gasteiger charge is 2.06. The number of hydrogen-bond donors (Lipinski definition) is 1. The predicted octanol–water partition coefficient (Wildman–Crippen LogP) is 2.97. The van der Waals surface area contributed by atoms with E-state index in [9.17, 15) is 4.39 Å². The van der Waals surface area contributed by atoms with Gasteiger partial charge in [-0.1, -0.05) is 15.9 Å². The average Bonchev–Trinajstić information content (AvgIpc) is 2.26. The third kappa shape index (κ3) is 3.24. The van der Waals surface area contributed by atoms with Gasteiger partial charge in [0.25, 0.3) is 0 Å². The molecule has 2 aromatic rings. The van der Waals surface area contributed by atoms with Crippen LogP contribution in [0.5, 0.6) is 11.8 Å². The van der Waals surface area contributed by atoms with Crippen LogP contribution in [0.4, 0.5) is 4.39 Å². The van der Waals surface area contributed by atoms with Crippen molar-refractivity contribution in [1.82, 2.24) is 9.97 Å². The van der Waals surface area contributed by atoms with E-state index in [2.05, 4.69) is 25.9 Å². The molecule has 0 saturated heterocycles. The number of aromatic nitrogens is 2. The molecule has 0 aliphatic carbocycles. The molecule has 0 amide bonds. The van der Waals surface area contributed by atoms with Crippen LogP contribution < -0.4 is 4.74 Å². The summed E-state index contributed by atoms with van der Waals surface area (Å²) in [5, 5.41) is 9.03. The van der Waals surface area contributed by atoms with E-state index in [-0.39, 0.29) is 18.4 Å². The Kier molecular flexibility index (Phi) is 3.88. The first-order chi connectivity index (χ1) is 8.56. The van der Waals surface area contributed by atoms with Gasteiger partial charge in [0.2, 0.25) is 0 Å². The standard InChI is InChI=1S/C12H10BrFN2O2/c1-7-2-10(6-17)16-12(15-7)18-11-4-8(13)3-9(14)5-11/h2-5,17H,6H2,1H3. The predicted molar refractivity (Wildman–Crippen MR) is 66.9 cm³/mol. The van der Waals surface area contributed by atoms with Crippen LogP contribution in [0.25, 0.3) is 0 Å². The van der Waals surface area contributed by atoms with Crippen LogP contribution >= 0.6 is 15.9 Å². The lowest BCUT2D eigenvalue weighted by Gasteiger charge is -2.06. The van der Waals surface area contributed by atoms with E-state index in [1.54, 1.807) is 19.1 Å². The van der Waals surface area contributed by atoms with Gasteiger partial charge in [0, 0.05) is 16.2 Å². The summed E-state index contributed by atoms with van der Waals surface area (Å²) in [5.41, 5.74) is 1.12. The van der Waals surface area contributed by atoms with Gasteiger partial charge in [0.05, 0.1) is 12.3 Å². The molecule has 94 valence electrons. The highest BCUT2D eigenvalue weighted by molar-refractivity contribution is 9.10. The maximum absolute atomic E-state index is 13.2. The van der Waals surface area contributed by atoms with Crippen LogP contribution in [-0.4, -0.2) is 15.1 Å². The quantitative estimate of drug-likeness (QED) is 0.946. The van der Waals surface area contributed by atoms with Gasteiger partial charge in [-0.3, -0.25) is 0 Å². The Morgan fingerprint density at radius 2 is 2.06 bits per heavy atom. The SMILES string of the molecule is Cc1cc(CO)nc(Oc2cc(F)cc(Br)c2)n1.